The minimum absolute atomic E-state index is 0.0734. The maximum atomic E-state index is 14.4. The van der Waals surface area contributed by atoms with E-state index in [9.17, 15) is 17.6 Å². The molecule has 0 unspecified atom stereocenters. The molecule has 172 valence electrons. The first-order chi connectivity index (χ1) is 15.8. The maximum Gasteiger partial charge on any atom is 0.269 e. The molecule has 0 fully saturated rings. The van der Waals surface area contributed by atoms with Crippen LogP contribution in [0.1, 0.15) is 26.3 Å². The van der Waals surface area contributed by atoms with Gasteiger partial charge in [-0.25, -0.2) is 21.8 Å². The molecular weight excluding hydrogens is 445 g/mol. The highest BCUT2D eigenvalue weighted by Crippen LogP contribution is 2.33. The Labute approximate surface area is 191 Å². The van der Waals surface area contributed by atoms with Crippen LogP contribution in [0.3, 0.4) is 0 Å². The fourth-order valence-electron chi connectivity index (χ4n) is 3.08. The number of nitrogens with zero attached hydrogens (tertiary/aromatic N) is 2. The summed E-state index contributed by atoms with van der Waals surface area (Å²) in [4.78, 5) is 15.4. The van der Waals surface area contributed by atoms with Gasteiger partial charge in [0.05, 0.1) is 10.3 Å². The predicted molar refractivity (Wildman–Crippen MR) is 126 cm³/mol. The number of hydrogen-bond acceptors (Lipinski definition) is 5. The molecule has 0 radical (unpaired) electrons. The Kier molecular flexibility index (Phi) is 7.13. The van der Waals surface area contributed by atoms with E-state index in [-0.39, 0.29) is 27.9 Å². The number of halogens is 1. The molecule has 0 saturated carbocycles. The van der Waals surface area contributed by atoms with Gasteiger partial charge in [-0.15, -0.1) is 0 Å². The fourth-order valence-corrected chi connectivity index (χ4v) is 4.38. The average molecular weight is 470 g/mol. The molecule has 2 aromatic heterocycles. The molecule has 0 aliphatic rings. The van der Waals surface area contributed by atoms with Gasteiger partial charge < -0.3 is 10.1 Å². The van der Waals surface area contributed by atoms with E-state index in [2.05, 4.69) is 10.3 Å². The van der Waals surface area contributed by atoms with Crippen molar-refractivity contribution in [1.82, 2.24) is 8.96 Å². The van der Waals surface area contributed by atoms with Crippen molar-refractivity contribution in [2.45, 2.75) is 32.6 Å². The normalized spacial score (nSPS) is 10.9. The minimum atomic E-state index is -3.87. The Balaban J connectivity index is 0.00000149. The zero-order valence-electron chi connectivity index (χ0n) is 18.7. The topological polar surface area (TPSA) is 90.3 Å². The summed E-state index contributed by atoms with van der Waals surface area (Å²) < 4.78 is 47.3. The third-order valence-corrected chi connectivity index (χ3v) is 6.24. The molecule has 1 amide bonds. The van der Waals surface area contributed by atoms with E-state index in [4.69, 9.17) is 4.74 Å². The molecule has 7 nitrogen and oxygen atoms in total. The molecule has 33 heavy (non-hydrogen) atoms. The van der Waals surface area contributed by atoms with Crippen LogP contribution >= 0.6 is 0 Å². The Bertz CT molecular complexity index is 1400. The number of carbonyl (C=O) groups is 1. The van der Waals surface area contributed by atoms with Gasteiger partial charge in [0.15, 0.2) is 17.2 Å². The van der Waals surface area contributed by atoms with E-state index in [1.54, 1.807) is 18.2 Å². The van der Waals surface area contributed by atoms with E-state index >= 15 is 0 Å². The summed E-state index contributed by atoms with van der Waals surface area (Å²) >= 11 is 0. The van der Waals surface area contributed by atoms with Crippen LogP contribution in [0.2, 0.25) is 0 Å². The standard InChI is InChI=1S/C22H18FN3O4S.C2H6/c1-14-3-6-17(7-4-14)31(28,29)26-12-10-18-20(9-11-24-22(18)26)30-21-8-5-16(13-19(21)23)25-15(2)27;1-2/h3-13H,1-2H3,(H,25,27);1-2H3. The first kappa shape index (κ1) is 23.9. The number of aromatic nitrogens is 2. The Hall–Kier alpha value is -3.72. The molecule has 0 bridgehead atoms. The SMILES string of the molecule is CC.CC(=O)Nc1ccc(Oc2ccnc3c2ccn3S(=O)(=O)c2ccc(C)cc2)c(F)c1. The summed E-state index contributed by atoms with van der Waals surface area (Å²) in [5, 5.41) is 2.90. The lowest BCUT2D eigenvalue weighted by molar-refractivity contribution is -0.114. The van der Waals surface area contributed by atoms with Gasteiger partial charge in [0.25, 0.3) is 10.0 Å². The molecule has 1 N–H and O–H groups in total. The molecular formula is C24H24FN3O4S. The number of pyridine rings is 1. The van der Waals surface area contributed by atoms with Crippen molar-refractivity contribution in [2.75, 3.05) is 5.32 Å². The molecule has 9 heteroatoms. The van der Waals surface area contributed by atoms with Crippen LogP contribution in [0, 0.1) is 12.7 Å². The molecule has 0 saturated heterocycles. The highest BCUT2D eigenvalue weighted by atomic mass is 32.2. The number of anilines is 1. The van der Waals surface area contributed by atoms with Gasteiger partial charge in [-0.1, -0.05) is 31.5 Å². The smallest absolute Gasteiger partial charge is 0.269 e. The lowest BCUT2D eigenvalue weighted by Crippen LogP contribution is -2.12. The van der Waals surface area contributed by atoms with Crippen molar-refractivity contribution in [3.63, 3.8) is 0 Å². The van der Waals surface area contributed by atoms with Crippen LogP contribution in [0.15, 0.2) is 71.9 Å². The molecule has 2 aromatic carbocycles. The summed E-state index contributed by atoms with van der Waals surface area (Å²) in [6, 6.07) is 13.6. The fraction of sp³-hybridized carbons (Fsp3) is 0.167. The maximum absolute atomic E-state index is 14.4. The van der Waals surface area contributed by atoms with Gasteiger partial charge in [-0.05, 0) is 43.3 Å². The number of ether oxygens (including phenoxy) is 1. The summed E-state index contributed by atoms with van der Waals surface area (Å²) in [6.07, 6.45) is 2.78. The lowest BCUT2D eigenvalue weighted by atomic mass is 10.2. The molecule has 4 aromatic rings. The van der Waals surface area contributed by atoms with Gasteiger partial charge in [0, 0.05) is 31.1 Å². The quantitative estimate of drug-likeness (QED) is 0.417. The van der Waals surface area contributed by atoms with Crippen LogP contribution in [0.5, 0.6) is 11.5 Å². The molecule has 4 rings (SSSR count). The Morgan fingerprint density at radius 3 is 2.36 bits per heavy atom. The van der Waals surface area contributed by atoms with Crippen LogP contribution in [-0.2, 0) is 14.8 Å². The second-order valence-corrected chi connectivity index (χ2v) is 8.72. The highest BCUT2D eigenvalue weighted by molar-refractivity contribution is 7.90. The molecule has 0 aliphatic carbocycles. The number of nitrogens with one attached hydrogen (secondary N) is 1. The van der Waals surface area contributed by atoms with Crippen LogP contribution < -0.4 is 10.1 Å². The summed E-state index contributed by atoms with van der Waals surface area (Å²) in [7, 11) is -3.87. The minimum Gasteiger partial charge on any atom is -0.453 e. The lowest BCUT2D eigenvalue weighted by Gasteiger charge is -2.10. The Morgan fingerprint density at radius 1 is 1.03 bits per heavy atom. The van der Waals surface area contributed by atoms with Gasteiger partial charge in [-0.2, -0.15) is 0 Å². The largest absolute Gasteiger partial charge is 0.453 e. The molecule has 0 spiro atoms. The average Bonchev–Trinajstić information content (AvgIpc) is 3.23. The van der Waals surface area contributed by atoms with E-state index in [1.807, 2.05) is 20.8 Å². The van der Waals surface area contributed by atoms with Crippen molar-refractivity contribution in [3.05, 3.63) is 78.4 Å². The van der Waals surface area contributed by atoms with Gasteiger partial charge in [0.2, 0.25) is 5.91 Å². The van der Waals surface area contributed by atoms with E-state index in [1.165, 1.54) is 49.6 Å². The summed E-state index contributed by atoms with van der Waals surface area (Å²) in [5.41, 5.74) is 1.40. The first-order valence-corrected chi connectivity index (χ1v) is 11.7. The van der Waals surface area contributed by atoms with Gasteiger partial charge in [-0.3, -0.25) is 4.79 Å². The number of carbonyl (C=O) groups excluding carboxylic acids is 1. The highest BCUT2D eigenvalue weighted by Gasteiger charge is 2.21. The zero-order chi connectivity index (χ0) is 24.2. The number of aryl methyl sites for hydroxylation is 1. The van der Waals surface area contributed by atoms with Crippen molar-refractivity contribution < 1.29 is 22.3 Å². The van der Waals surface area contributed by atoms with E-state index < -0.39 is 15.8 Å². The summed E-state index contributed by atoms with van der Waals surface area (Å²) in [5.74, 6) is -0.826. The van der Waals surface area contributed by atoms with Crippen LogP contribution in [0.25, 0.3) is 11.0 Å². The number of fused-ring (bicyclic) bond motifs is 1. The van der Waals surface area contributed by atoms with Crippen molar-refractivity contribution in [3.8, 4) is 11.5 Å². The third-order valence-electron chi connectivity index (χ3n) is 4.56. The van der Waals surface area contributed by atoms with Gasteiger partial charge >= 0.3 is 0 Å². The van der Waals surface area contributed by atoms with Crippen LogP contribution in [-0.4, -0.2) is 23.3 Å². The monoisotopic (exact) mass is 469 g/mol. The van der Waals surface area contributed by atoms with Crippen molar-refractivity contribution >= 4 is 32.7 Å². The Morgan fingerprint density at radius 2 is 1.73 bits per heavy atom. The zero-order valence-corrected chi connectivity index (χ0v) is 19.5. The van der Waals surface area contributed by atoms with Crippen molar-refractivity contribution in [2.24, 2.45) is 0 Å². The molecule has 0 aliphatic heterocycles. The van der Waals surface area contributed by atoms with Crippen LogP contribution in [0.4, 0.5) is 10.1 Å². The van der Waals surface area contributed by atoms with E-state index in [0.29, 0.717) is 11.1 Å². The van der Waals surface area contributed by atoms with E-state index in [0.717, 1.165) is 15.6 Å². The molecule has 2 heterocycles. The number of amides is 1. The predicted octanol–water partition coefficient (Wildman–Crippen LogP) is 5.50. The summed E-state index contributed by atoms with van der Waals surface area (Å²) in [6.45, 7) is 7.19. The first-order valence-electron chi connectivity index (χ1n) is 10.3. The number of rotatable bonds is 5. The second-order valence-electron chi connectivity index (χ2n) is 6.90. The second kappa shape index (κ2) is 9.83. The number of benzene rings is 2. The number of hydrogen-bond donors (Lipinski definition) is 1. The van der Waals surface area contributed by atoms with Crippen molar-refractivity contribution in [1.29, 1.82) is 0 Å². The molecule has 0 atom stereocenters. The third kappa shape index (κ3) is 5.04. The van der Waals surface area contributed by atoms with Gasteiger partial charge in [0.1, 0.15) is 5.75 Å².